The smallest absolute Gasteiger partial charge is 0.434 e. The molecule has 0 saturated carbocycles. The lowest BCUT2D eigenvalue weighted by Crippen LogP contribution is -2.19. The van der Waals surface area contributed by atoms with Gasteiger partial charge in [-0.2, -0.15) is 0 Å². The Labute approximate surface area is 99.3 Å². The van der Waals surface area contributed by atoms with E-state index in [0.717, 1.165) is 5.56 Å². The third-order valence-corrected chi connectivity index (χ3v) is 1.96. The number of ether oxygens (including phenoxy) is 3. The van der Waals surface area contributed by atoms with E-state index in [4.69, 9.17) is 4.74 Å². The van der Waals surface area contributed by atoms with E-state index in [2.05, 4.69) is 9.47 Å². The van der Waals surface area contributed by atoms with Crippen LogP contribution in [0.3, 0.4) is 0 Å². The topological polar surface area (TPSA) is 61.8 Å². The zero-order chi connectivity index (χ0) is 12.5. The first-order valence-electron chi connectivity index (χ1n) is 5.19. The lowest BCUT2D eigenvalue weighted by Gasteiger charge is -2.10. The average molecular weight is 238 g/mol. The normalized spacial score (nSPS) is 11.4. The molecule has 0 aliphatic heterocycles. The van der Waals surface area contributed by atoms with Gasteiger partial charge in [0.1, 0.15) is 0 Å². The van der Waals surface area contributed by atoms with E-state index in [0.29, 0.717) is 6.42 Å². The van der Waals surface area contributed by atoms with Crippen LogP contribution in [-0.2, 0) is 25.4 Å². The van der Waals surface area contributed by atoms with E-state index in [-0.39, 0.29) is 13.1 Å². The van der Waals surface area contributed by atoms with Crippen LogP contribution in [0.5, 0.6) is 0 Å². The second kappa shape index (κ2) is 7.27. The van der Waals surface area contributed by atoms with Gasteiger partial charge in [-0.15, -0.1) is 0 Å². The summed E-state index contributed by atoms with van der Waals surface area (Å²) in [5, 5.41) is 0. The van der Waals surface area contributed by atoms with Crippen molar-refractivity contribution in [2.24, 2.45) is 0 Å². The molecule has 0 radical (unpaired) electrons. The number of hydrogen-bond donors (Lipinski definition) is 0. The third kappa shape index (κ3) is 5.55. The van der Waals surface area contributed by atoms with Crippen LogP contribution in [0.2, 0.25) is 0 Å². The second-order valence-corrected chi connectivity index (χ2v) is 3.25. The van der Waals surface area contributed by atoms with Gasteiger partial charge in [-0.25, -0.2) is 4.79 Å². The SMILES string of the molecule is CC(OC=O)OC(=O)OCCc1ccccc1. The molecule has 0 fully saturated rings. The highest BCUT2D eigenvalue weighted by Crippen LogP contribution is 2.01. The zero-order valence-electron chi connectivity index (χ0n) is 9.50. The minimum Gasteiger partial charge on any atom is -0.434 e. The number of carbonyl (C=O) groups is 2. The molecule has 0 saturated heterocycles. The molecule has 92 valence electrons. The fraction of sp³-hybridized carbons (Fsp3) is 0.333. The largest absolute Gasteiger partial charge is 0.511 e. The fourth-order valence-electron chi connectivity index (χ4n) is 1.17. The van der Waals surface area contributed by atoms with Gasteiger partial charge in [-0.1, -0.05) is 30.3 Å². The van der Waals surface area contributed by atoms with Crippen molar-refractivity contribution >= 4 is 12.6 Å². The molecule has 1 atom stereocenters. The van der Waals surface area contributed by atoms with Crippen LogP contribution in [-0.4, -0.2) is 25.5 Å². The highest BCUT2D eigenvalue weighted by Gasteiger charge is 2.10. The summed E-state index contributed by atoms with van der Waals surface area (Å²) in [6.07, 6.45) is -1.18. The lowest BCUT2D eigenvalue weighted by atomic mass is 10.2. The van der Waals surface area contributed by atoms with Crippen molar-refractivity contribution < 1.29 is 23.8 Å². The molecule has 0 aromatic heterocycles. The van der Waals surface area contributed by atoms with Crippen molar-refractivity contribution in [2.45, 2.75) is 19.6 Å². The van der Waals surface area contributed by atoms with Crippen LogP contribution in [0, 0.1) is 0 Å². The van der Waals surface area contributed by atoms with Crippen molar-refractivity contribution in [1.29, 1.82) is 0 Å². The first kappa shape index (κ1) is 13.0. The molecule has 0 N–H and O–H groups in total. The van der Waals surface area contributed by atoms with Crippen LogP contribution in [0.1, 0.15) is 12.5 Å². The van der Waals surface area contributed by atoms with Crippen LogP contribution in [0.4, 0.5) is 4.79 Å². The minimum absolute atomic E-state index is 0.210. The van der Waals surface area contributed by atoms with Gasteiger partial charge in [-0.3, -0.25) is 4.79 Å². The molecule has 1 rings (SSSR count). The van der Waals surface area contributed by atoms with Crippen LogP contribution in [0.15, 0.2) is 30.3 Å². The predicted molar refractivity (Wildman–Crippen MR) is 59.2 cm³/mol. The Morgan fingerprint density at radius 1 is 1.35 bits per heavy atom. The Morgan fingerprint density at radius 3 is 2.71 bits per heavy atom. The van der Waals surface area contributed by atoms with E-state index in [1.807, 2.05) is 30.3 Å². The lowest BCUT2D eigenvalue weighted by molar-refractivity contribution is -0.152. The maximum absolute atomic E-state index is 11.1. The molecule has 0 heterocycles. The second-order valence-electron chi connectivity index (χ2n) is 3.25. The minimum atomic E-state index is -0.934. The summed E-state index contributed by atoms with van der Waals surface area (Å²) in [4.78, 5) is 21.0. The number of carbonyl (C=O) groups excluding carboxylic acids is 2. The molecule has 5 heteroatoms. The Balaban J connectivity index is 2.18. The third-order valence-electron chi connectivity index (χ3n) is 1.96. The molecule has 0 spiro atoms. The van der Waals surface area contributed by atoms with Crippen LogP contribution in [0.25, 0.3) is 0 Å². The molecular weight excluding hydrogens is 224 g/mol. The maximum Gasteiger partial charge on any atom is 0.511 e. The first-order chi connectivity index (χ1) is 8.22. The highest BCUT2D eigenvalue weighted by molar-refractivity contribution is 5.60. The molecule has 1 aromatic rings. The van der Waals surface area contributed by atoms with Crippen molar-refractivity contribution in [3.8, 4) is 0 Å². The van der Waals surface area contributed by atoms with Gasteiger partial charge in [0, 0.05) is 13.3 Å². The molecule has 0 bridgehead atoms. The molecular formula is C12H14O5. The summed E-state index contributed by atoms with van der Waals surface area (Å²) in [5.74, 6) is 0. The van der Waals surface area contributed by atoms with Gasteiger partial charge >= 0.3 is 6.16 Å². The summed E-state index contributed by atoms with van der Waals surface area (Å²) in [5.41, 5.74) is 1.07. The number of benzene rings is 1. The molecule has 0 amide bonds. The quantitative estimate of drug-likeness (QED) is 0.430. The monoisotopic (exact) mass is 238 g/mol. The van der Waals surface area contributed by atoms with Crippen molar-refractivity contribution in [1.82, 2.24) is 0 Å². The van der Waals surface area contributed by atoms with Gasteiger partial charge in [0.25, 0.3) is 6.47 Å². The first-order valence-corrected chi connectivity index (χ1v) is 5.19. The molecule has 5 nitrogen and oxygen atoms in total. The Morgan fingerprint density at radius 2 is 2.06 bits per heavy atom. The Bertz CT molecular complexity index is 349. The number of rotatable bonds is 6. The molecule has 17 heavy (non-hydrogen) atoms. The summed E-state index contributed by atoms with van der Waals surface area (Å²) in [7, 11) is 0. The summed E-state index contributed by atoms with van der Waals surface area (Å²) in [6, 6.07) is 9.61. The van der Waals surface area contributed by atoms with Gasteiger partial charge in [-0.05, 0) is 5.56 Å². The predicted octanol–water partition coefficient (Wildman–Crippen LogP) is 1.90. The fourth-order valence-corrected chi connectivity index (χ4v) is 1.17. The van der Waals surface area contributed by atoms with E-state index in [1.54, 1.807) is 0 Å². The van der Waals surface area contributed by atoms with E-state index >= 15 is 0 Å². The highest BCUT2D eigenvalue weighted by atomic mass is 16.8. The summed E-state index contributed by atoms with van der Waals surface area (Å²) in [6.45, 7) is 1.85. The van der Waals surface area contributed by atoms with Gasteiger partial charge in [0.2, 0.25) is 6.29 Å². The van der Waals surface area contributed by atoms with Gasteiger partial charge < -0.3 is 14.2 Å². The summed E-state index contributed by atoms with van der Waals surface area (Å²) >= 11 is 0. The van der Waals surface area contributed by atoms with Crippen molar-refractivity contribution in [3.05, 3.63) is 35.9 Å². The van der Waals surface area contributed by atoms with Gasteiger partial charge in [0.05, 0.1) is 6.61 Å². The Hall–Kier alpha value is -2.04. The van der Waals surface area contributed by atoms with Crippen LogP contribution >= 0.6 is 0 Å². The maximum atomic E-state index is 11.1. The van der Waals surface area contributed by atoms with E-state index < -0.39 is 12.4 Å². The standard InChI is InChI=1S/C12H14O5/c1-10(16-9-13)17-12(14)15-8-7-11-5-3-2-4-6-11/h2-6,9-10H,7-8H2,1H3. The van der Waals surface area contributed by atoms with Crippen LogP contribution < -0.4 is 0 Å². The van der Waals surface area contributed by atoms with E-state index in [1.165, 1.54) is 6.92 Å². The molecule has 0 aliphatic carbocycles. The number of hydrogen-bond acceptors (Lipinski definition) is 5. The summed E-state index contributed by atoms with van der Waals surface area (Å²) < 4.78 is 13.8. The Kier molecular flexibility index (Phi) is 5.57. The van der Waals surface area contributed by atoms with E-state index in [9.17, 15) is 9.59 Å². The molecule has 0 aliphatic rings. The van der Waals surface area contributed by atoms with Crippen molar-refractivity contribution in [2.75, 3.05) is 6.61 Å². The average Bonchev–Trinajstić information content (AvgIpc) is 2.30. The van der Waals surface area contributed by atoms with Crippen molar-refractivity contribution in [3.63, 3.8) is 0 Å². The van der Waals surface area contributed by atoms with Gasteiger partial charge in [0.15, 0.2) is 0 Å². The zero-order valence-corrected chi connectivity index (χ0v) is 9.50. The molecule has 1 unspecified atom stereocenters. The molecule has 1 aromatic carbocycles.